The monoisotopic (exact) mass is 335 g/mol. The molecule has 0 N–H and O–H groups in total. The first kappa shape index (κ1) is 16.1. The summed E-state index contributed by atoms with van der Waals surface area (Å²) in [5.74, 6) is 0. The van der Waals surface area contributed by atoms with Crippen LogP contribution in [0.2, 0.25) is 0 Å². The predicted octanol–water partition coefficient (Wildman–Crippen LogP) is 7.03. The number of fused-ring (bicyclic) bond motifs is 1. The third kappa shape index (κ3) is 2.88. The van der Waals surface area contributed by atoms with Crippen LogP contribution in [0.1, 0.15) is 26.3 Å². The molecule has 0 aliphatic carbocycles. The molecule has 0 nitrogen and oxygen atoms in total. The zero-order valence-electron chi connectivity index (χ0n) is 13.2. The van der Waals surface area contributed by atoms with Gasteiger partial charge >= 0.3 is 5.51 Å². The summed E-state index contributed by atoms with van der Waals surface area (Å²) < 4.78 is 41.7. The lowest BCUT2D eigenvalue weighted by atomic mass is 9.83. The van der Waals surface area contributed by atoms with E-state index < -0.39 is 16.0 Å². The fraction of sp³-hybridized carbons (Fsp3) is 0.263. The summed E-state index contributed by atoms with van der Waals surface area (Å²) in [5, 5.41) is 0.673. The third-order valence-corrected chi connectivity index (χ3v) is 5.93. The van der Waals surface area contributed by atoms with E-state index in [1.807, 2.05) is 45.0 Å². The van der Waals surface area contributed by atoms with Crippen LogP contribution in [0.15, 0.2) is 54.6 Å². The Morgan fingerprint density at radius 3 is 2.09 bits per heavy atom. The SMILES string of the molecule is CC(C)(C)c1ccccc1-c1cc2ccccc2[s+]1C(F)(F)F. The van der Waals surface area contributed by atoms with Gasteiger partial charge in [-0.3, -0.25) is 0 Å². The Hall–Kier alpha value is -1.81. The molecule has 3 aromatic rings. The van der Waals surface area contributed by atoms with E-state index >= 15 is 0 Å². The van der Waals surface area contributed by atoms with Crippen LogP contribution >= 0.6 is 10.5 Å². The van der Waals surface area contributed by atoms with Crippen molar-refractivity contribution in [2.75, 3.05) is 0 Å². The molecule has 1 unspecified atom stereocenters. The topological polar surface area (TPSA) is 0 Å². The number of thiophene rings is 1. The Kier molecular flexibility index (Phi) is 3.75. The molecule has 0 spiro atoms. The van der Waals surface area contributed by atoms with Gasteiger partial charge in [-0.2, -0.15) is 0 Å². The minimum atomic E-state index is -4.27. The van der Waals surface area contributed by atoms with Crippen molar-refractivity contribution in [3.05, 3.63) is 60.2 Å². The summed E-state index contributed by atoms with van der Waals surface area (Å²) in [6.45, 7) is 6.08. The van der Waals surface area contributed by atoms with E-state index in [0.29, 0.717) is 20.5 Å². The largest absolute Gasteiger partial charge is 0.601 e. The van der Waals surface area contributed by atoms with Gasteiger partial charge in [-0.25, -0.2) is 0 Å². The number of alkyl halides is 3. The van der Waals surface area contributed by atoms with Gasteiger partial charge in [0.05, 0.1) is 0 Å². The average Bonchev–Trinajstić information content (AvgIpc) is 2.85. The van der Waals surface area contributed by atoms with Crippen LogP contribution in [0.4, 0.5) is 13.2 Å². The van der Waals surface area contributed by atoms with Crippen LogP contribution in [0.5, 0.6) is 0 Å². The molecule has 0 aliphatic heterocycles. The lowest BCUT2D eigenvalue weighted by Gasteiger charge is -2.21. The first-order valence-corrected chi connectivity index (χ1v) is 8.64. The number of rotatable bonds is 1. The first-order valence-electron chi connectivity index (χ1n) is 7.41. The van der Waals surface area contributed by atoms with Crippen LogP contribution in [-0.2, 0) is 10.9 Å². The van der Waals surface area contributed by atoms with Gasteiger partial charge in [0, 0.05) is 17.0 Å². The second-order valence-corrected chi connectivity index (χ2v) is 8.55. The minimum absolute atomic E-state index is 0.215. The quantitative estimate of drug-likeness (QED) is 0.419. The van der Waals surface area contributed by atoms with Crippen molar-refractivity contribution in [1.82, 2.24) is 0 Å². The molecule has 1 heterocycles. The van der Waals surface area contributed by atoms with Crippen LogP contribution in [0.3, 0.4) is 0 Å². The molecule has 1 atom stereocenters. The van der Waals surface area contributed by atoms with E-state index in [9.17, 15) is 13.2 Å². The van der Waals surface area contributed by atoms with E-state index in [4.69, 9.17) is 0 Å². The summed E-state index contributed by atoms with van der Waals surface area (Å²) in [6.07, 6.45) is 0. The molecule has 3 rings (SSSR count). The Morgan fingerprint density at radius 1 is 0.826 bits per heavy atom. The molecule has 0 amide bonds. The number of halogens is 3. The van der Waals surface area contributed by atoms with Crippen molar-refractivity contribution in [3.63, 3.8) is 0 Å². The molecule has 0 aliphatic rings. The van der Waals surface area contributed by atoms with Crippen molar-refractivity contribution in [2.45, 2.75) is 31.7 Å². The Morgan fingerprint density at radius 2 is 1.43 bits per heavy atom. The zero-order chi connectivity index (χ0) is 16.8. The second kappa shape index (κ2) is 5.38. The lowest BCUT2D eigenvalue weighted by molar-refractivity contribution is -0.0864. The van der Waals surface area contributed by atoms with E-state index in [1.54, 1.807) is 30.3 Å². The molecular weight excluding hydrogens is 317 g/mol. The van der Waals surface area contributed by atoms with Crippen molar-refractivity contribution >= 4 is 20.6 Å². The molecule has 0 fully saturated rings. The predicted molar refractivity (Wildman–Crippen MR) is 91.9 cm³/mol. The Labute approximate surface area is 136 Å². The summed E-state index contributed by atoms with van der Waals surface area (Å²) in [4.78, 5) is 0.379. The summed E-state index contributed by atoms with van der Waals surface area (Å²) in [7, 11) is -1.89. The standard InChI is InChI=1S/C19H18F3S/c1-18(2,3)15-10-6-5-9-14(15)17-12-13-8-4-7-11-16(13)23(17)19(20,21)22/h4-12H,1-3H3/q+1. The average molecular weight is 335 g/mol. The zero-order valence-corrected chi connectivity index (χ0v) is 14.1. The van der Waals surface area contributed by atoms with Gasteiger partial charge in [0.2, 0.25) is 0 Å². The highest BCUT2D eigenvalue weighted by molar-refractivity contribution is 7.41. The molecule has 4 heteroatoms. The number of benzene rings is 2. The molecule has 23 heavy (non-hydrogen) atoms. The molecule has 1 aromatic heterocycles. The van der Waals surface area contributed by atoms with E-state index in [2.05, 4.69) is 0 Å². The third-order valence-electron chi connectivity index (χ3n) is 3.88. The molecule has 0 radical (unpaired) electrons. The van der Waals surface area contributed by atoms with Gasteiger partial charge in [-0.05, 0) is 29.2 Å². The van der Waals surface area contributed by atoms with E-state index in [-0.39, 0.29) is 5.41 Å². The highest BCUT2D eigenvalue weighted by atomic mass is 32.2. The maximum Gasteiger partial charge on any atom is 0.601 e. The van der Waals surface area contributed by atoms with Crippen molar-refractivity contribution < 1.29 is 13.2 Å². The maximum atomic E-state index is 13.8. The van der Waals surface area contributed by atoms with Crippen molar-refractivity contribution in [1.29, 1.82) is 0 Å². The van der Waals surface area contributed by atoms with Crippen LogP contribution in [-0.4, -0.2) is 0 Å². The van der Waals surface area contributed by atoms with E-state index in [1.165, 1.54) is 0 Å². The molecule has 0 saturated heterocycles. The summed E-state index contributed by atoms with van der Waals surface area (Å²) in [5.41, 5.74) is -2.84. The highest BCUT2D eigenvalue weighted by Gasteiger charge is 2.48. The van der Waals surface area contributed by atoms with Crippen molar-refractivity contribution in [3.8, 4) is 10.4 Å². The van der Waals surface area contributed by atoms with Crippen LogP contribution < -0.4 is 0 Å². The molecular formula is C19H18F3S+. The van der Waals surface area contributed by atoms with Gasteiger partial charge < -0.3 is 0 Å². The lowest BCUT2D eigenvalue weighted by Crippen LogP contribution is -2.12. The van der Waals surface area contributed by atoms with Gasteiger partial charge in [0.25, 0.3) is 0 Å². The van der Waals surface area contributed by atoms with Gasteiger partial charge in [0.15, 0.2) is 9.58 Å². The summed E-state index contributed by atoms with van der Waals surface area (Å²) >= 11 is 0. The van der Waals surface area contributed by atoms with E-state index in [0.717, 1.165) is 5.56 Å². The van der Waals surface area contributed by atoms with Gasteiger partial charge in [-0.15, -0.1) is 13.2 Å². The minimum Gasteiger partial charge on any atom is -0.118 e. The number of hydrogen-bond donors (Lipinski definition) is 0. The smallest absolute Gasteiger partial charge is 0.118 e. The van der Waals surface area contributed by atoms with Gasteiger partial charge in [0.1, 0.15) is 10.5 Å². The first-order chi connectivity index (χ1) is 10.7. The Balaban J connectivity index is 2.39. The number of hydrogen-bond acceptors (Lipinski definition) is 0. The second-order valence-electron chi connectivity index (χ2n) is 6.59. The Bertz CT molecular complexity index is 851. The molecule has 0 bridgehead atoms. The van der Waals surface area contributed by atoms with Crippen molar-refractivity contribution in [2.24, 2.45) is 0 Å². The fourth-order valence-corrected chi connectivity index (χ4v) is 4.85. The maximum absolute atomic E-state index is 13.8. The normalized spacial score (nSPS) is 13.6. The molecule has 120 valence electrons. The van der Waals surface area contributed by atoms with Crippen LogP contribution in [0.25, 0.3) is 20.5 Å². The fourth-order valence-electron chi connectivity index (χ4n) is 2.89. The summed E-state index contributed by atoms with van der Waals surface area (Å²) in [6, 6.07) is 16.0. The molecule has 0 saturated carbocycles. The van der Waals surface area contributed by atoms with Gasteiger partial charge in [-0.1, -0.05) is 51.1 Å². The highest BCUT2D eigenvalue weighted by Crippen LogP contribution is 2.55. The molecule has 2 aromatic carbocycles. The van der Waals surface area contributed by atoms with Crippen LogP contribution in [0, 0.1) is 0 Å².